The van der Waals surface area contributed by atoms with Gasteiger partial charge in [-0.05, 0) is 45.7 Å². The normalized spacial score (nSPS) is 23.1. The summed E-state index contributed by atoms with van der Waals surface area (Å²) in [6.07, 6.45) is 2.41. The van der Waals surface area contributed by atoms with Crippen LogP contribution in [0.3, 0.4) is 0 Å². The number of hydrogen-bond acceptors (Lipinski definition) is 2. The van der Waals surface area contributed by atoms with Gasteiger partial charge in [-0.1, -0.05) is 13.8 Å². The summed E-state index contributed by atoms with van der Waals surface area (Å²) in [5, 5.41) is 6.76. The maximum atomic E-state index is 4.72. The van der Waals surface area contributed by atoms with Gasteiger partial charge in [-0.2, -0.15) is 0 Å². The summed E-state index contributed by atoms with van der Waals surface area (Å²) in [5.41, 5.74) is 0. The second kappa shape index (κ2) is 8.35. The SMILES string of the molecule is CCNC(=NCC1CCN(CC)C1)NC(C)CC. The van der Waals surface area contributed by atoms with Crippen LogP contribution in [0.25, 0.3) is 0 Å². The summed E-state index contributed by atoms with van der Waals surface area (Å²) in [4.78, 5) is 7.23. The third-order valence-electron chi connectivity index (χ3n) is 3.66. The minimum absolute atomic E-state index is 0.485. The van der Waals surface area contributed by atoms with Gasteiger partial charge in [0.2, 0.25) is 0 Å². The van der Waals surface area contributed by atoms with Crippen LogP contribution in [-0.2, 0) is 0 Å². The second-order valence-electron chi connectivity index (χ2n) is 5.22. The number of hydrogen-bond donors (Lipinski definition) is 2. The summed E-state index contributed by atoms with van der Waals surface area (Å²) in [7, 11) is 0. The Morgan fingerprint density at radius 3 is 2.72 bits per heavy atom. The number of likely N-dealkylation sites (tertiary alicyclic amines) is 1. The van der Waals surface area contributed by atoms with Crippen molar-refractivity contribution in [1.82, 2.24) is 15.5 Å². The van der Waals surface area contributed by atoms with Gasteiger partial charge >= 0.3 is 0 Å². The van der Waals surface area contributed by atoms with Crippen LogP contribution >= 0.6 is 0 Å². The Morgan fingerprint density at radius 2 is 2.17 bits per heavy atom. The van der Waals surface area contributed by atoms with Gasteiger partial charge in [-0.25, -0.2) is 0 Å². The van der Waals surface area contributed by atoms with E-state index in [2.05, 4.69) is 43.2 Å². The molecule has 0 bridgehead atoms. The lowest BCUT2D eigenvalue weighted by Gasteiger charge is -2.17. The molecular formula is C14H30N4. The molecule has 0 saturated carbocycles. The van der Waals surface area contributed by atoms with Gasteiger partial charge < -0.3 is 15.5 Å². The Bertz CT molecular complexity index is 252. The van der Waals surface area contributed by atoms with Crippen LogP contribution in [0.4, 0.5) is 0 Å². The van der Waals surface area contributed by atoms with E-state index in [1.54, 1.807) is 0 Å². The fourth-order valence-electron chi connectivity index (χ4n) is 2.22. The molecule has 0 amide bonds. The predicted octanol–water partition coefficient (Wildman–Crippen LogP) is 1.68. The number of guanidine groups is 1. The largest absolute Gasteiger partial charge is 0.357 e. The van der Waals surface area contributed by atoms with Crippen LogP contribution in [0.5, 0.6) is 0 Å². The third kappa shape index (κ3) is 5.25. The Labute approximate surface area is 112 Å². The standard InChI is InChI=1S/C14H30N4/c1-5-12(4)17-14(15-6-2)16-10-13-8-9-18(7-3)11-13/h12-13H,5-11H2,1-4H3,(H2,15,16,17). The highest BCUT2D eigenvalue weighted by atomic mass is 15.2. The molecule has 18 heavy (non-hydrogen) atoms. The zero-order valence-electron chi connectivity index (χ0n) is 12.5. The van der Waals surface area contributed by atoms with Crippen molar-refractivity contribution in [3.05, 3.63) is 0 Å². The molecule has 1 fully saturated rings. The number of nitrogens with zero attached hydrogens (tertiary/aromatic N) is 2. The van der Waals surface area contributed by atoms with Crippen molar-refractivity contribution < 1.29 is 0 Å². The molecule has 0 spiro atoms. The van der Waals surface area contributed by atoms with Crippen molar-refractivity contribution in [2.45, 2.75) is 46.6 Å². The number of rotatable bonds is 6. The molecular weight excluding hydrogens is 224 g/mol. The highest BCUT2D eigenvalue weighted by Gasteiger charge is 2.20. The van der Waals surface area contributed by atoms with E-state index in [-0.39, 0.29) is 0 Å². The quantitative estimate of drug-likeness (QED) is 0.560. The minimum Gasteiger partial charge on any atom is -0.357 e. The van der Waals surface area contributed by atoms with Gasteiger partial charge in [0.05, 0.1) is 0 Å². The zero-order chi connectivity index (χ0) is 13.4. The average molecular weight is 254 g/mol. The molecule has 4 nitrogen and oxygen atoms in total. The summed E-state index contributed by atoms with van der Waals surface area (Å²) in [6, 6.07) is 0.485. The van der Waals surface area contributed by atoms with Crippen LogP contribution in [0.2, 0.25) is 0 Å². The van der Waals surface area contributed by atoms with Crippen molar-refractivity contribution in [2.75, 3.05) is 32.7 Å². The fourth-order valence-corrected chi connectivity index (χ4v) is 2.22. The summed E-state index contributed by atoms with van der Waals surface area (Å²) < 4.78 is 0. The van der Waals surface area contributed by atoms with Crippen LogP contribution in [0.15, 0.2) is 4.99 Å². The first-order valence-corrected chi connectivity index (χ1v) is 7.46. The van der Waals surface area contributed by atoms with E-state index in [1.807, 2.05) is 0 Å². The molecule has 1 rings (SSSR count). The Balaban J connectivity index is 2.40. The molecule has 106 valence electrons. The van der Waals surface area contributed by atoms with Gasteiger partial charge in [-0.15, -0.1) is 0 Å². The van der Waals surface area contributed by atoms with Gasteiger partial charge in [0.25, 0.3) is 0 Å². The van der Waals surface area contributed by atoms with E-state index in [9.17, 15) is 0 Å². The fraction of sp³-hybridized carbons (Fsp3) is 0.929. The number of aliphatic imine (C=N–C) groups is 1. The minimum atomic E-state index is 0.485. The smallest absolute Gasteiger partial charge is 0.191 e. The van der Waals surface area contributed by atoms with E-state index >= 15 is 0 Å². The van der Waals surface area contributed by atoms with Crippen LogP contribution < -0.4 is 10.6 Å². The molecule has 2 N–H and O–H groups in total. The van der Waals surface area contributed by atoms with Crippen LogP contribution in [-0.4, -0.2) is 49.6 Å². The predicted molar refractivity (Wildman–Crippen MR) is 79.1 cm³/mol. The molecule has 1 aliphatic heterocycles. The Morgan fingerprint density at radius 1 is 1.39 bits per heavy atom. The lowest BCUT2D eigenvalue weighted by Crippen LogP contribution is -2.42. The summed E-state index contributed by atoms with van der Waals surface area (Å²) in [5.74, 6) is 1.71. The van der Waals surface area contributed by atoms with E-state index in [0.29, 0.717) is 6.04 Å². The monoisotopic (exact) mass is 254 g/mol. The van der Waals surface area contributed by atoms with Crippen molar-refractivity contribution in [3.8, 4) is 0 Å². The molecule has 1 heterocycles. The second-order valence-corrected chi connectivity index (χ2v) is 5.22. The highest BCUT2D eigenvalue weighted by Crippen LogP contribution is 2.15. The Hall–Kier alpha value is -0.770. The lowest BCUT2D eigenvalue weighted by molar-refractivity contribution is 0.343. The molecule has 1 saturated heterocycles. The van der Waals surface area contributed by atoms with Gasteiger partial charge in [0.1, 0.15) is 0 Å². The first-order chi connectivity index (χ1) is 8.69. The van der Waals surface area contributed by atoms with Crippen molar-refractivity contribution in [1.29, 1.82) is 0 Å². The van der Waals surface area contributed by atoms with Crippen molar-refractivity contribution in [2.24, 2.45) is 10.9 Å². The third-order valence-corrected chi connectivity index (χ3v) is 3.66. The van der Waals surface area contributed by atoms with Crippen molar-refractivity contribution in [3.63, 3.8) is 0 Å². The van der Waals surface area contributed by atoms with E-state index in [4.69, 9.17) is 4.99 Å². The molecule has 0 aromatic carbocycles. The first-order valence-electron chi connectivity index (χ1n) is 7.46. The summed E-state index contributed by atoms with van der Waals surface area (Å²) in [6.45, 7) is 14.2. The number of nitrogens with one attached hydrogen (secondary N) is 2. The Kier molecular flexibility index (Phi) is 7.09. The van der Waals surface area contributed by atoms with Crippen LogP contribution in [0, 0.1) is 5.92 Å². The highest BCUT2D eigenvalue weighted by molar-refractivity contribution is 5.80. The molecule has 4 heteroatoms. The molecule has 0 aromatic rings. The van der Waals surface area contributed by atoms with Crippen molar-refractivity contribution >= 4 is 5.96 Å². The van der Waals surface area contributed by atoms with Gasteiger partial charge in [0, 0.05) is 25.7 Å². The maximum Gasteiger partial charge on any atom is 0.191 e. The summed E-state index contributed by atoms with van der Waals surface area (Å²) >= 11 is 0. The van der Waals surface area contributed by atoms with Gasteiger partial charge in [0.15, 0.2) is 5.96 Å². The van der Waals surface area contributed by atoms with E-state index in [0.717, 1.165) is 31.4 Å². The maximum absolute atomic E-state index is 4.72. The molecule has 2 unspecified atom stereocenters. The first kappa shape index (κ1) is 15.3. The molecule has 0 aromatic heterocycles. The zero-order valence-corrected chi connectivity index (χ0v) is 12.5. The molecule has 1 aliphatic rings. The van der Waals surface area contributed by atoms with E-state index in [1.165, 1.54) is 26.1 Å². The van der Waals surface area contributed by atoms with Crippen LogP contribution in [0.1, 0.15) is 40.5 Å². The lowest BCUT2D eigenvalue weighted by atomic mass is 10.1. The molecule has 2 atom stereocenters. The van der Waals surface area contributed by atoms with Gasteiger partial charge in [-0.3, -0.25) is 4.99 Å². The topological polar surface area (TPSA) is 39.7 Å². The average Bonchev–Trinajstić information content (AvgIpc) is 2.84. The molecule has 0 aliphatic carbocycles. The van der Waals surface area contributed by atoms with E-state index < -0.39 is 0 Å². The molecule has 0 radical (unpaired) electrons.